The van der Waals surface area contributed by atoms with Gasteiger partial charge in [0, 0.05) is 13.0 Å². The van der Waals surface area contributed by atoms with Gasteiger partial charge in [-0.2, -0.15) is 0 Å². The molecule has 1 heterocycles. The molecule has 4 atom stereocenters. The first-order chi connectivity index (χ1) is 16.0. The molecule has 3 amide bonds. The third-order valence-electron chi connectivity index (χ3n) is 5.03. The molecule has 0 saturated carbocycles. The molecular formula is C19H33N7O8. The summed E-state index contributed by atoms with van der Waals surface area (Å²) in [5, 5.41) is 37.2. The van der Waals surface area contributed by atoms with Gasteiger partial charge in [-0.1, -0.05) is 0 Å². The van der Waals surface area contributed by atoms with Crippen LogP contribution in [0.1, 0.15) is 38.5 Å². The molecule has 11 N–H and O–H groups in total. The van der Waals surface area contributed by atoms with E-state index in [2.05, 4.69) is 26.3 Å². The topological polar surface area (TPSA) is 259 Å². The summed E-state index contributed by atoms with van der Waals surface area (Å²) >= 11 is 0. The van der Waals surface area contributed by atoms with Crippen molar-refractivity contribution < 1.29 is 39.3 Å². The first-order valence-electron chi connectivity index (χ1n) is 10.8. The second kappa shape index (κ2) is 14.6. The molecule has 192 valence electrons. The van der Waals surface area contributed by atoms with Crippen molar-refractivity contribution in [3.63, 3.8) is 0 Å². The Labute approximate surface area is 195 Å². The minimum atomic E-state index is -1.60. The van der Waals surface area contributed by atoms with Crippen molar-refractivity contribution >= 4 is 35.6 Å². The lowest BCUT2D eigenvalue weighted by molar-refractivity contribution is -0.143. The van der Waals surface area contributed by atoms with Gasteiger partial charge in [-0.3, -0.25) is 24.2 Å². The van der Waals surface area contributed by atoms with Crippen molar-refractivity contribution in [3.05, 3.63) is 0 Å². The number of nitrogens with zero attached hydrogens (tertiary/aromatic N) is 1. The van der Waals surface area contributed by atoms with Gasteiger partial charge >= 0.3 is 11.9 Å². The number of guanidine groups is 1. The highest BCUT2D eigenvalue weighted by Gasteiger charge is 2.31. The molecule has 1 aliphatic heterocycles. The van der Waals surface area contributed by atoms with Gasteiger partial charge < -0.3 is 48.1 Å². The van der Waals surface area contributed by atoms with Crippen molar-refractivity contribution in [1.82, 2.24) is 21.3 Å². The minimum Gasteiger partial charge on any atom is -0.481 e. The normalized spacial score (nSPS) is 17.6. The van der Waals surface area contributed by atoms with E-state index in [9.17, 15) is 24.0 Å². The number of hydrogen-bond acceptors (Lipinski definition) is 8. The zero-order valence-electron chi connectivity index (χ0n) is 18.7. The fourth-order valence-corrected chi connectivity index (χ4v) is 3.22. The van der Waals surface area contributed by atoms with Gasteiger partial charge in [-0.25, -0.2) is 4.79 Å². The Morgan fingerprint density at radius 2 is 1.59 bits per heavy atom. The van der Waals surface area contributed by atoms with Crippen LogP contribution in [0.5, 0.6) is 0 Å². The van der Waals surface area contributed by atoms with Gasteiger partial charge in [-0.15, -0.1) is 0 Å². The maximum atomic E-state index is 12.9. The molecule has 4 unspecified atom stereocenters. The van der Waals surface area contributed by atoms with E-state index in [1.165, 1.54) is 0 Å². The van der Waals surface area contributed by atoms with Crippen LogP contribution in [0.25, 0.3) is 0 Å². The predicted octanol–water partition coefficient (Wildman–Crippen LogP) is -3.81. The number of amides is 3. The fourth-order valence-electron chi connectivity index (χ4n) is 3.22. The lowest BCUT2D eigenvalue weighted by atomic mass is 10.1. The fraction of sp³-hybridized carbons (Fsp3) is 0.684. The van der Waals surface area contributed by atoms with Crippen molar-refractivity contribution in [2.24, 2.45) is 16.5 Å². The summed E-state index contributed by atoms with van der Waals surface area (Å²) in [6.45, 7) is -0.115. The van der Waals surface area contributed by atoms with E-state index in [1.54, 1.807) is 0 Å². The zero-order chi connectivity index (χ0) is 25.7. The third kappa shape index (κ3) is 10.4. The summed E-state index contributed by atoms with van der Waals surface area (Å²) < 4.78 is 0. The number of hydrogen-bond donors (Lipinski definition) is 9. The Balaban J connectivity index is 2.94. The molecule has 0 aliphatic carbocycles. The van der Waals surface area contributed by atoms with E-state index in [-0.39, 0.29) is 31.8 Å². The lowest BCUT2D eigenvalue weighted by Crippen LogP contribution is -2.57. The SMILES string of the molecule is NC(N)=NCCCC(NC(=O)C(CCC(=O)O)NC(=O)C1CCCN1)C(=O)NC(CO)C(=O)O. The van der Waals surface area contributed by atoms with Gasteiger partial charge in [0.15, 0.2) is 5.96 Å². The molecule has 0 spiro atoms. The first kappa shape index (κ1) is 28.6. The second-order valence-electron chi connectivity index (χ2n) is 7.73. The first-order valence-corrected chi connectivity index (χ1v) is 10.8. The van der Waals surface area contributed by atoms with E-state index in [0.29, 0.717) is 13.0 Å². The summed E-state index contributed by atoms with van der Waals surface area (Å²) in [6, 6.07) is -4.61. The van der Waals surface area contributed by atoms with Crippen LogP contribution >= 0.6 is 0 Å². The lowest BCUT2D eigenvalue weighted by Gasteiger charge is -2.24. The molecule has 0 aromatic carbocycles. The van der Waals surface area contributed by atoms with Crippen LogP contribution in [-0.4, -0.2) is 94.8 Å². The molecule has 0 aromatic rings. The van der Waals surface area contributed by atoms with E-state index in [1.807, 2.05) is 0 Å². The zero-order valence-corrected chi connectivity index (χ0v) is 18.7. The van der Waals surface area contributed by atoms with E-state index in [4.69, 9.17) is 26.8 Å². The molecule has 0 radical (unpaired) electrons. The van der Waals surface area contributed by atoms with Crippen LogP contribution in [0.2, 0.25) is 0 Å². The highest BCUT2D eigenvalue weighted by molar-refractivity contribution is 5.94. The van der Waals surface area contributed by atoms with Crippen LogP contribution in [0.3, 0.4) is 0 Å². The summed E-state index contributed by atoms with van der Waals surface area (Å²) in [5.74, 6) is -5.00. The molecule has 1 rings (SSSR count). The average molecular weight is 488 g/mol. The van der Waals surface area contributed by atoms with Crippen LogP contribution in [-0.2, 0) is 24.0 Å². The number of nitrogens with one attached hydrogen (secondary N) is 4. The number of aliphatic imine (C=N–C) groups is 1. The van der Waals surface area contributed by atoms with Crippen LogP contribution < -0.4 is 32.7 Å². The molecule has 15 nitrogen and oxygen atoms in total. The second-order valence-corrected chi connectivity index (χ2v) is 7.73. The number of carboxylic acid groups (broad SMARTS) is 2. The Morgan fingerprint density at radius 1 is 0.971 bits per heavy atom. The van der Waals surface area contributed by atoms with Gasteiger partial charge in [0.25, 0.3) is 0 Å². The number of aliphatic hydroxyl groups is 1. The standard InChI is InChI=1S/C19H33N7O8/c20-19(21)23-8-2-4-11(16(31)26-13(9-27)18(33)34)24-17(32)12(5-6-14(28)29)25-15(30)10-3-1-7-22-10/h10-13,22,27H,1-9H2,(H,24,32)(H,25,30)(H,26,31)(H,28,29)(H,33,34)(H4,20,21,23). The number of aliphatic carboxylic acids is 2. The number of rotatable bonds is 15. The Hall–Kier alpha value is -3.46. The van der Waals surface area contributed by atoms with Crippen LogP contribution in [0, 0.1) is 0 Å². The molecular weight excluding hydrogens is 454 g/mol. The highest BCUT2D eigenvalue weighted by atomic mass is 16.4. The molecule has 0 aromatic heterocycles. The molecule has 1 aliphatic rings. The highest BCUT2D eigenvalue weighted by Crippen LogP contribution is 2.08. The number of carbonyl (C=O) groups is 5. The Bertz CT molecular complexity index is 766. The Morgan fingerprint density at radius 3 is 2.09 bits per heavy atom. The third-order valence-corrected chi connectivity index (χ3v) is 5.03. The van der Waals surface area contributed by atoms with Gasteiger partial charge in [0.2, 0.25) is 17.7 Å². The Kier molecular flexibility index (Phi) is 12.3. The van der Waals surface area contributed by atoms with Crippen molar-refractivity contribution in [2.45, 2.75) is 62.7 Å². The molecule has 15 heteroatoms. The smallest absolute Gasteiger partial charge is 0.328 e. The van der Waals surface area contributed by atoms with Crippen molar-refractivity contribution in [3.8, 4) is 0 Å². The largest absolute Gasteiger partial charge is 0.481 e. The predicted molar refractivity (Wildman–Crippen MR) is 118 cm³/mol. The van der Waals surface area contributed by atoms with Crippen LogP contribution in [0.4, 0.5) is 0 Å². The summed E-state index contributed by atoms with van der Waals surface area (Å²) in [5.41, 5.74) is 10.5. The van der Waals surface area contributed by atoms with Gasteiger partial charge in [0.1, 0.15) is 18.1 Å². The van der Waals surface area contributed by atoms with Crippen molar-refractivity contribution in [1.29, 1.82) is 0 Å². The van der Waals surface area contributed by atoms with Crippen molar-refractivity contribution in [2.75, 3.05) is 19.7 Å². The molecule has 1 saturated heterocycles. The summed E-state index contributed by atoms with van der Waals surface area (Å²) in [7, 11) is 0. The molecule has 34 heavy (non-hydrogen) atoms. The number of carboxylic acids is 2. The van der Waals surface area contributed by atoms with Gasteiger partial charge in [0.05, 0.1) is 12.6 Å². The van der Waals surface area contributed by atoms with E-state index >= 15 is 0 Å². The minimum absolute atomic E-state index is 0.00407. The van der Waals surface area contributed by atoms with Crippen LogP contribution in [0.15, 0.2) is 4.99 Å². The average Bonchev–Trinajstić information content (AvgIpc) is 3.31. The van der Waals surface area contributed by atoms with Gasteiger partial charge in [-0.05, 0) is 38.6 Å². The number of carbonyl (C=O) groups excluding carboxylic acids is 3. The maximum absolute atomic E-state index is 12.9. The maximum Gasteiger partial charge on any atom is 0.328 e. The number of aliphatic hydroxyl groups excluding tert-OH is 1. The quantitative estimate of drug-likeness (QED) is 0.0614. The monoisotopic (exact) mass is 487 g/mol. The number of nitrogens with two attached hydrogens (primary N) is 2. The molecule has 1 fully saturated rings. The van der Waals surface area contributed by atoms with E-state index < -0.39 is 66.9 Å². The summed E-state index contributed by atoms with van der Waals surface area (Å²) in [4.78, 5) is 63.9. The van der Waals surface area contributed by atoms with E-state index in [0.717, 1.165) is 6.42 Å². The summed E-state index contributed by atoms with van der Waals surface area (Å²) in [6.07, 6.45) is 0.922. The molecule has 0 bridgehead atoms.